The summed E-state index contributed by atoms with van der Waals surface area (Å²) in [6.45, 7) is 0. The van der Waals surface area contributed by atoms with Gasteiger partial charge in [0.25, 0.3) is 0 Å². The molecule has 2 nitrogen and oxygen atoms in total. The first-order valence-corrected chi connectivity index (χ1v) is 19.0. The second kappa shape index (κ2) is 14.6. The molecule has 0 N–H and O–H groups in total. The summed E-state index contributed by atoms with van der Waals surface area (Å²) in [6, 6.07) is 47.4. The van der Waals surface area contributed by atoms with Gasteiger partial charge in [-0.25, -0.2) is 0 Å². The van der Waals surface area contributed by atoms with Gasteiger partial charge in [0, 0.05) is 29.5 Å². The molecule has 2 heterocycles. The van der Waals surface area contributed by atoms with Crippen LogP contribution in [0.4, 0.5) is 0 Å². The van der Waals surface area contributed by atoms with Gasteiger partial charge >= 0.3 is 0 Å². The largest absolute Gasteiger partial charge is 0.748 e. The number of aromatic nitrogens is 2. The van der Waals surface area contributed by atoms with Gasteiger partial charge in [-0.2, -0.15) is 6.07 Å². The molecule has 2 atom stereocenters. The summed E-state index contributed by atoms with van der Waals surface area (Å²) in [5, 5.41) is -0.601. The van der Waals surface area contributed by atoms with Crippen LogP contribution in [0.2, 0.25) is 0 Å². The molecular weight excluding hydrogens is 674 g/mol. The smallest absolute Gasteiger partial charge is 0.0764 e. The topological polar surface area (TPSA) is 25.8 Å². The van der Waals surface area contributed by atoms with Gasteiger partial charge in [0.15, 0.2) is 0 Å². The van der Waals surface area contributed by atoms with E-state index in [2.05, 4.69) is 109 Å². The van der Waals surface area contributed by atoms with Gasteiger partial charge < -0.3 is 30.3 Å². The fourth-order valence-corrected chi connectivity index (χ4v) is 11.3. The van der Waals surface area contributed by atoms with Crippen molar-refractivity contribution in [1.82, 2.24) is 9.97 Å². The maximum absolute atomic E-state index is 5.05. The molecule has 4 fully saturated rings. The zero-order chi connectivity index (χ0) is 32.6. The Morgan fingerprint density at radius 2 is 1.12 bits per heavy atom. The molecule has 4 aliphatic rings. The van der Waals surface area contributed by atoms with Crippen LogP contribution in [0.1, 0.15) is 54.6 Å². The van der Waals surface area contributed by atoms with Crippen molar-refractivity contribution in [1.29, 1.82) is 0 Å². The number of hydrogen-bond donors (Lipinski definition) is 0. The molecule has 2 unspecified atom stereocenters. The first kappa shape index (κ1) is 34.3. The summed E-state index contributed by atoms with van der Waals surface area (Å²) in [7, 11) is 6.57. The molecule has 49 heavy (non-hydrogen) atoms. The van der Waals surface area contributed by atoms with Gasteiger partial charge in [-0.3, -0.25) is 9.97 Å². The Kier molecular flexibility index (Phi) is 10.2. The standard InChI is InChI=1S/C39H39N2P2.C5H5.Fe/c42-25-38(30-20-26-19-27(22-30)23-31(38)21-26)37-33(39(43,34-15-7-9-17-40-34)35-16-8-10-18-41-35)24-32(28-11-3-1-4-12-28)36(37)29-13-5-2-6-14-29;1-2-4-5-3-1;/h1-18,24,26-27,30-31H,19-23,25,42-43H2;1-5H;/q-1;-5;. The van der Waals surface area contributed by atoms with Gasteiger partial charge in [-0.15, -0.1) is 40.7 Å². The van der Waals surface area contributed by atoms with E-state index in [1.807, 2.05) is 54.9 Å². The summed E-state index contributed by atoms with van der Waals surface area (Å²) < 4.78 is 0. The van der Waals surface area contributed by atoms with Crippen molar-refractivity contribution < 1.29 is 17.1 Å². The van der Waals surface area contributed by atoms with E-state index >= 15 is 0 Å². The monoisotopic (exact) mass is 718 g/mol. The quantitative estimate of drug-likeness (QED) is 0.0933. The molecule has 5 heteroatoms. The Hall–Kier alpha value is -3.18. The van der Waals surface area contributed by atoms with Crippen LogP contribution in [0.25, 0.3) is 22.3 Å². The first-order chi connectivity index (χ1) is 23.6. The average Bonchev–Trinajstić information content (AvgIpc) is 3.87. The minimum absolute atomic E-state index is 0. The molecule has 0 spiro atoms. The van der Waals surface area contributed by atoms with E-state index in [-0.39, 0.29) is 22.5 Å². The Labute approximate surface area is 307 Å². The Bertz CT molecular complexity index is 1840. The van der Waals surface area contributed by atoms with Crippen LogP contribution < -0.4 is 0 Å². The summed E-state index contributed by atoms with van der Waals surface area (Å²) in [4.78, 5) is 10.1. The maximum atomic E-state index is 5.05. The number of nitrogens with zero attached hydrogens (tertiary/aromatic N) is 2. The molecule has 4 aromatic carbocycles. The summed E-state index contributed by atoms with van der Waals surface area (Å²) >= 11 is 0. The molecular formula is C44H44FeN2P2-6. The zero-order valence-electron chi connectivity index (χ0n) is 27.8. The minimum Gasteiger partial charge on any atom is -0.748 e. The van der Waals surface area contributed by atoms with E-state index in [9.17, 15) is 0 Å². The summed E-state index contributed by atoms with van der Waals surface area (Å²) in [5.74, 6) is 3.17. The average molecular weight is 719 g/mol. The second-order valence-electron chi connectivity index (χ2n) is 14.2. The minimum atomic E-state index is -0.601. The molecule has 0 radical (unpaired) electrons. The molecule has 4 aliphatic carbocycles. The SMILES string of the molecule is PCC1([c-]2c(C(P)(c3ccccn3)c3ccccn3)cc(-c3ccccc3)c2-c2ccccc2)C2CC3CC(C2)CC1C3.[Fe].[cH-]1[cH-][cH-][cH-][cH-]1. The molecule has 10 rings (SSSR count). The molecule has 2 aromatic heterocycles. The fraction of sp³-hybridized carbons (Fsp3) is 0.273. The van der Waals surface area contributed by atoms with Crippen LogP contribution >= 0.6 is 18.5 Å². The number of rotatable bonds is 7. The fourth-order valence-electron chi connectivity index (χ4n) is 9.89. The van der Waals surface area contributed by atoms with E-state index in [0.29, 0.717) is 11.8 Å². The molecule has 6 aromatic rings. The molecule has 254 valence electrons. The first-order valence-electron chi connectivity index (χ1n) is 17.6. The van der Waals surface area contributed by atoms with Crippen LogP contribution in [-0.2, 0) is 27.6 Å². The number of pyridine rings is 2. The van der Waals surface area contributed by atoms with Crippen LogP contribution in [0.5, 0.6) is 0 Å². The van der Waals surface area contributed by atoms with Crippen LogP contribution in [0.15, 0.2) is 146 Å². The maximum Gasteiger partial charge on any atom is 0.0764 e. The molecule has 0 saturated heterocycles. The summed E-state index contributed by atoms with van der Waals surface area (Å²) in [6.07, 6.45) is 11.8. The van der Waals surface area contributed by atoms with Crippen molar-refractivity contribution in [3.63, 3.8) is 0 Å². The third-order valence-corrected chi connectivity index (χ3v) is 13.3. The van der Waals surface area contributed by atoms with Crippen LogP contribution in [-0.4, -0.2) is 16.1 Å². The van der Waals surface area contributed by atoms with Crippen molar-refractivity contribution >= 4 is 18.5 Å². The second-order valence-corrected chi connectivity index (χ2v) is 15.5. The van der Waals surface area contributed by atoms with Gasteiger partial charge in [-0.1, -0.05) is 83.9 Å². The normalized spacial score (nSPS) is 23.7. The van der Waals surface area contributed by atoms with E-state index in [1.165, 1.54) is 59.9 Å². The van der Waals surface area contributed by atoms with E-state index in [4.69, 9.17) is 9.97 Å². The van der Waals surface area contributed by atoms with Gasteiger partial charge in [0.05, 0.1) is 16.5 Å². The van der Waals surface area contributed by atoms with Crippen molar-refractivity contribution in [3.8, 4) is 22.3 Å². The van der Waals surface area contributed by atoms with Gasteiger partial charge in [-0.05, 0) is 91.6 Å². The zero-order valence-corrected chi connectivity index (χ0v) is 31.2. The van der Waals surface area contributed by atoms with E-state index in [1.54, 1.807) is 5.56 Å². The molecule has 4 bridgehead atoms. The number of benzene rings is 2. The predicted molar refractivity (Wildman–Crippen MR) is 206 cm³/mol. The van der Waals surface area contributed by atoms with Crippen molar-refractivity contribution in [2.75, 3.05) is 6.16 Å². The Morgan fingerprint density at radius 1 is 0.653 bits per heavy atom. The molecule has 4 saturated carbocycles. The van der Waals surface area contributed by atoms with Crippen LogP contribution in [0, 0.1) is 23.7 Å². The Morgan fingerprint density at radius 3 is 1.57 bits per heavy atom. The van der Waals surface area contributed by atoms with Crippen molar-refractivity contribution in [2.24, 2.45) is 23.7 Å². The third-order valence-electron chi connectivity index (χ3n) is 11.7. The van der Waals surface area contributed by atoms with E-state index in [0.717, 1.165) is 29.4 Å². The van der Waals surface area contributed by atoms with E-state index < -0.39 is 5.16 Å². The van der Waals surface area contributed by atoms with Crippen LogP contribution in [0.3, 0.4) is 0 Å². The molecule has 0 amide bonds. The predicted octanol–water partition coefficient (Wildman–Crippen LogP) is 10.7. The third kappa shape index (κ3) is 6.02. The van der Waals surface area contributed by atoms with Crippen molar-refractivity contribution in [3.05, 3.63) is 168 Å². The summed E-state index contributed by atoms with van der Waals surface area (Å²) in [5.41, 5.74) is 10.3. The van der Waals surface area contributed by atoms with Crippen molar-refractivity contribution in [2.45, 2.75) is 42.7 Å². The molecule has 0 aliphatic heterocycles. The Balaban J connectivity index is 0.000000581. The number of hydrogen-bond acceptors (Lipinski definition) is 2. The van der Waals surface area contributed by atoms with Gasteiger partial charge in [0.2, 0.25) is 0 Å². The van der Waals surface area contributed by atoms with Gasteiger partial charge in [0.1, 0.15) is 0 Å².